The quantitative estimate of drug-likeness (QED) is 0.788. The first-order chi connectivity index (χ1) is 9.02. The van der Waals surface area contributed by atoms with Crippen molar-refractivity contribution >= 4 is 17.3 Å². The Kier molecular flexibility index (Phi) is 3.95. The largest absolute Gasteiger partial charge is 0.397 e. The van der Waals surface area contributed by atoms with E-state index in [4.69, 9.17) is 10.5 Å². The number of morpholine rings is 1. The summed E-state index contributed by atoms with van der Waals surface area (Å²) in [5, 5.41) is 2.60. The van der Waals surface area contributed by atoms with Crippen molar-refractivity contribution in [3.05, 3.63) is 23.8 Å². The fourth-order valence-corrected chi connectivity index (χ4v) is 2.34. The molecule has 104 valence electrons. The van der Waals surface area contributed by atoms with E-state index in [0.717, 1.165) is 12.2 Å². The lowest BCUT2D eigenvalue weighted by Gasteiger charge is -2.39. The van der Waals surface area contributed by atoms with Crippen LogP contribution in [-0.4, -0.2) is 38.3 Å². The number of carbonyl (C=O) groups excluding carboxylic acids is 1. The first kappa shape index (κ1) is 13.7. The van der Waals surface area contributed by atoms with E-state index in [9.17, 15) is 4.79 Å². The van der Waals surface area contributed by atoms with Crippen molar-refractivity contribution in [3.63, 3.8) is 0 Å². The molecular weight excluding hydrogens is 242 g/mol. The van der Waals surface area contributed by atoms with Crippen LogP contribution < -0.4 is 16.0 Å². The number of nitrogens with zero attached hydrogens (tertiary/aromatic N) is 1. The summed E-state index contributed by atoms with van der Waals surface area (Å²) in [6.45, 7) is 5.66. The van der Waals surface area contributed by atoms with Gasteiger partial charge in [-0.1, -0.05) is 0 Å². The predicted octanol–water partition coefficient (Wildman–Crippen LogP) is 1.24. The maximum absolute atomic E-state index is 11.6. The zero-order chi connectivity index (χ0) is 14.0. The van der Waals surface area contributed by atoms with Gasteiger partial charge in [-0.05, 0) is 32.0 Å². The fraction of sp³-hybridized carbons (Fsp3) is 0.500. The van der Waals surface area contributed by atoms with E-state index in [-0.39, 0.29) is 18.1 Å². The Bertz CT molecular complexity index is 476. The van der Waals surface area contributed by atoms with Crippen molar-refractivity contribution in [2.24, 2.45) is 0 Å². The molecule has 19 heavy (non-hydrogen) atoms. The molecule has 3 N–H and O–H groups in total. The molecule has 0 spiro atoms. The third-order valence-corrected chi connectivity index (χ3v) is 3.43. The third-order valence-electron chi connectivity index (χ3n) is 3.43. The number of nitrogens with two attached hydrogens (primary N) is 1. The number of nitrogens with one attached hydrogen (secondary N) is 1. The summed E-state index contributed by atoms with van der Waals surface area (Å²) in [4.78, 5) is 13.8. The number of nitrogen functional groups attached to an aromatic ring is 1. The van der Waals surface area contributed by atoms with Crippen molar-refractivity contribution < 1.29 is 9.53 Å². The van der Waals surface area contributed by atoms with Crippen molar-refractivity contribution in [2.45, 2.75) is 26.0 Å². The second-order valence-corrected chi connectivity index (χ2v) is 5.00. The molecule has 2 rings (SSSR count). The van der Waals surface area contributed by atoms with Crippen molar-refractivity contribution in [3.8, 4) is 0 Å². The van der Waals surface area contributed by atoms with Crippen LogP contribution in [0, 0.1) is 0 Å². The summed E-state index contributed by atoms with van der Waals surface area (Å²) < 4.78 is 5.61. The van der Waals surface area contributed by atoms with Gasteiger partial charge >= 0.3 is 0 Å². The second kappa shape index (κ2) is 5.48. The highest BCUT2D eigenvalue weighted by atomic mass is 16.5. The molecular formula is C14H21N3O2. The van der Waals surface area contributed by atoms with Crippen LogP contribution in [0.15, 0.2) is 18.2 Å². The van der Waals surface area contributed by atoms with Crippen LogP contribution in [0.25, 0.3) is 0 Å². The van der Waals surface area contributed by atoms with Gasteiger partial charge in [0.15, 0.2) is 0 Å². The second-order valence-electron chi connectivity index (χ2n) is 5.00. The van der Waals surface area contributed by atoms with Crippen LogP contribution in [0.3, 0.4) is 0 Å². The highest BCUT2D eigenvalue weighted by molar-refractivity contribution is 5.96. The number of hydrogen-bond acceptors (Lipinski definition) is 4. The average molecular weight is 263 g/mol. The highest BCUT2D eigenvalue weighted by Gasteiger charge is 2.25. The monoisotopic (exact) mass is 263 g/mol. The highest BCUT2D eigenvalue weighted by Crippen LogP contribution is 2.28. The first-order valence-electron chi connectivity index (χ1n) is 6.52. The number of rotatable bonds is 2. The molecule has 0 bridgehead atoms. The number of amides is 1. The molecule has 5 heteroatoms. The summed E-state index contributed by atoms with van der Waals surface area (Å²) >= 11 is 0. The molecule has 1 aliphatic rings. The summed E-state index contributed by atoms with van der Waals surface area (Å²) in [5.74, 6) is -0.123. The lowest BCUT2D eigenvalue weighted by Crippen LogP contribution is -2.47. The Labute approximate surface area is 113 Å². The van der Waals surface area contributed by atoms with Crippen LogP contribution in [0.5, 0.6) is 0 Å². The Balaban J connectivity index is 2.27. The normalized spacial score (nSPS) is 23.2. The van der Waals surface area contributed by atoms with Crippen molar-refractivity contribution in [1.82, 2.24) is 5.32 Å². The lowest BCUT2D eigenvalue weighted by molar-refractivity contribution is 0.0344. The Morgan fingerprint density at radius 2 is 2.21 bits per heavy atom. The van der Waals surface area contributed by atoms with Crippen LogP contribution in [0.4, 0.5) is 11.4 Å². The standard InChI is InChI=1S/C14H21N3O2/c1-9-8-19-10(2)7-17(9)13-5-4-11(6-12(13)15)14(18)16-3/h4-6,9-10H,7-8,15H2,1-3H3,(H,16,18). The Hall–Kier alpha value is -1.75. The summed E-state index contributed by atoms with van der Waals surface area (Å²) in [5.41, 5.74) is 8.27. The van der Waals surface area contributed by atoms with E-state index in [1.807, 2.05) is 13.0 Å². The number of carbonyl (C=O) groups is 1. The molecule has 1 aromatic rings. The number of hydrogen-bond donors (Lipinski definition) is 2. The van der Waals surface area contributed by atoms with E-state index < -0.39 is 0 Å². The first-order valence-corrected chi connectivity index (χ1v) is 6.52. The fourth-order valence-electron chi connectivity index (χ4n) is 2.34. The van der Waals surface area contributed by atoms with E-state index in [2.05, 4.69) is 17.1 Å². The van der Waals surface area contributed by atoms with E-state index in [1.54, 1.807) is 19.2 Å². The molecule has 0 aromatic heterocycles. The van der Waals surface area contributed by atoms with Gasteiger partial charge in [0.05, 0.1) is 24.1 Å². The zero-order valence-electron chi connectivity index (χ0n) is 11.6. The van der Waals surface area contributed by atoms with E-state index in [0.29, 0.717) is 17.9 Å². The molecule has 1 amide bonds. The molecule has 1 fully saturated rings. The summed E-state index contributed by atoms with van der Waals surface area (Å²) in [6, 6.07) is 5.72. The molecule has 5 nitrogen and oxygen atoms in total. The van der Waals surface area contributed by atoms with Gasteiger partial charge in [0.1, 0.15) is 0 Å². The third kappa shape index (κ3) is 2.81. The zero-order valence-corrected chi connectivity index (χ0v) is 11.6. The molecule has 1 aliphatic heterocycles. The van der Waals surface area contributed by atoms with Crippen LogP contribution in [0.2, 0.25) is 0 Å². The SMILES string of the molecule is CNC(=O)c1ccc(N2CC(C)OCC2C)c(N)c1. The average Bonchev–Trinajstić information content (AvgIpc) is 2.41. The van der Waals surface area contributed by atoms with E-state index in [1.165, 1.54) is 0 Å². The van der Waals surface area contributed by atoms with Gasteiger partial charge in [0.25, 0.3) is 5.91 Å². The van der Waals surface area contributed by atoms with Gasteiger partial charge in [-0.2, -0.15) is 0 Å². The van der Waals surface area contributed by atoms with Crippen LogP contribution in [0.1, 0.15) is 24.2 Å². The molecule has 0 saturated carbocycles. The van der Waals surface area contributed by atoms with Gasteiger partial charge in [-0.3, -0.25) is 4.79 Å². The van der Waals surface area contributed by atoms with Gasteiger partial charge < -0.3 is 20.7 Å². The maximum Gasteiger partial charge on any atom is 0.251 e. The lowest BCUT2D eigenvalue weighted by atomic mass is 10.1. The molecule has 1 heterocycles. The van der Waals surface area contributed by atoms with Gasteiger partial charge in [-0.25, -0.2) is 0 Å². The molecule has 0 aliphatic carbocycles. The van der Waals surface area contributed by atoms with E-state index >= 15 is 0 Å². The predicted molar refractivity (Wildman–Crippen MR) is 76.5 cm³/mol. The minimum Gasteiger partial charge on any atom is -0.397 e. The van der Waals surface area contributed by atoms with Crippen molar-refractivity contribution in [1.29, 1.82) is 0 Å². The summed E-state index contributed by atoms with van der Waals surface area (Å²) in [7, 11) is 1.61. The minimum atomic E-state index is -0.123. The molecule has 1 aromatic carbocycles. The Morgan fingerprint density at radius 3 is 2.84 bits per heavy atom. The molecule has 2 unspecified atom stereocenters. The Morgan fingerprint density at radius 1 is 1.47 bits per heavy atom. The van der Waals surface area contributed by atoms with Gasteiger partial charge in [0.2, 0.25) is 0 Å². The van der Waals surface area contributed by atoms with Crippen molar-refractivity contribution in [2.75, 3.05) is 30.8 Å². The molecule has 0 radical (unpaired) electrons. The number of ether oxygens (including phenoxy) is 1. The molecule has 1 saturated heterocycles. The van der Waals surface area contributed by atoms with Gasteiger partial charge in [0, 0.05) is 25.2 Å². The minimum absolute atomic E-state index is 0.123. The topological polar surface area (TPSA) is 67.6 Å². The molecule has 2 atom stereocenters. The van der Waals surface area contributed by atoms with Crippen LogP contribution in [-0.2, 0) is 4.74 Å². The van der Waals surface area contributed by atoms with Crippen LogP contribution >= 0.6 is 0 Å². The number of benzene rings is 1. The summed E-state index contributed by atoms with van der Waals surface area (Å²) in [6.07, 6.45) is 0.189. The van der Waals surface area contributed by atoms with Gasteiger partial charge in [-0.15, -0.1) is 0 Å². The smallest absolute Gasteiger partial charge is 0.251 e. The number of anilines is 2. The maximum atomic E-state index is 11.6.